The molecule has 0 spiro atoms. The summed E-state index contributed by atoms with van der Waals surface area (Å²) in [5.41, 5.74) is 1.82. The third-order valence-corrected chi connectivity index (χ3v) is 4.75. The van der Waals surface area contributed by atoms with E-state index in [1.54, 1.807) is 30.5 Å². The maximum Gasteiger partial charge on any atom is 0.257 e. The van der Waals surface area contributed by atoms with Gasteiger partial charge in [-0.2, -0.15) is 0 Å². The normalized spacial score (nSPS) is 14.7. The first-order valence-electron chi connectivity index (χ1n) is 7.60. The number of aromatic nitrogens is 1. The van der Waals surface area contributed by atoms with E-state index >= 15 is 0 Å². The van der Waals surface area contributed by atoms with Gasteiger partial charge in [-0.25, -0.2) is 0 Å². The van der Waals surface area contributed by atoms with Gasteiger partial charge in [0.25, 0.3) is 5.91 Å². The maximum absolute atomic E-state index is 12.4. The molecule has 0 unspecified atom stereocenters. The summed E-state index contributed by atoms with van der Waals surface area (Å²) in [4.78, 5) is 16.5. The minimum Gasteiger partial charge on any atom is -0.381 e. The van der Waals surface area contributed by atoms with Crippen LogP contribution in [-0.4, -0.2) is 16.9 Å². The van der Waals surface area contributed by atoms with Crippen LogP contribution in [0, 0.1) is 0 Å². The van der Waals surface area contributed by atoms with E-state index in [2.05, 4.69) is 15.6 Å². The third kappa shape index (κ3) is 3.95. The number of nitrogens with zero attached hydrogens (tertiary/aromatic N) is 1. The number of carbonyl (C=O) groups excluding carboxylic acids is 1. The topological polar surface area (TPSA) is 54.0 Å². The van der Waals surface area contributed by atoms with E-state index in [1.807, 2.05) is 0 Å². The molecular weight excluding hydrogens is 333 g/mol. The Morgan fingerprint density at radius 3 is 2.74 bits per heavy atom. The number of amides is 1. The van der Waals surface area contributed by atoms with Crippen LogP contribution in [0.3, 0.4) is 0 Å². The fraction of sp³-hybridized carbons (Fsp3) is 0.294. The predicted molar refractivity (Wildman–Crippen MR) is 94.5 cm³/mol. The summed E-state index contributed by atoms with van der Waals surface area (Å²) in [6.07, 6.45) is 8.09. The smallest absolute Gasteiger partial charge is 0.257 e. The molecule has 2 aromatic rings. The molecular formula is C17H17Cl2N3O. The number of nitrogens with one attached hydrogen (secondary N) is 2. The fourth-order valence-electron chi connectivity index (χ4n) is 2.74. The summed E-state index contributed by atoms with van der Waals surface area (Å²) in [5, 5.41) is 6.93. The molecule has 2 N–H and O–H groups in total. The van der Waals surface area contributed by atoms with Crippen molar-refractivity contribution in [1.82, 2.24) is 4.98 Å². The van der Waals surface area contributed by atoms with Gasteiger partial charge < -0.3 is 10.6 Å². The van der Waals surface area contributed by atoms with Gasteiger partial charge in [-0.15, -0.1) is 0 Å². The lowest BCUT2D eigenvalue weighted by molar-refractivity contribution is 0.102. The monoisotopic (exact) mass is 349 g/mol. The minimum atomic E-state index is -0.267. The molecule has 1 amide bonds. The van der Waals surface area contributed by atoms with Gasteiger partial charge in [0.1, 0.15) is 0 Å². The second-order valence-corrected chi connectivity index (χ2v) is 6.43. The van der Waals surface area contributed by atoms with Crippen molar-refractivity contribution in [3.63, 3.8) is 0 Å². The van der Waals surface area contributed by atoms with Crippen LogP contribution in [0.25, 0.3) is 0 Å². The lowest BCUT2D eigenvalue weighted by Crippen LogP contribution is -2.16. The minimum absolute atomic E-state index is 0.267. The average molecular weight is 350 g/mol. The molecule has 1 aliphatic carbocycles. The number of carbonyl (C=O) groups is 1. The molecule has 1 fully saturated rings. The summed E-state index contributed by atoms with van der Waals surface area (Å²) < 4.78 is 0. The summed E-state index contributed by atoms with van der Waals surface area (Å²) in [7, 11) is 0. The second kappa shape index (κ2) is 7.20. The molecule has 1 aliphatic rings. The van der Waals surface area contributed by atoms with Gasteiger partial charge in [0.2, 0.25) is 0 Å². The van der Waals surface area contributed by atoms with Gasteiger partial charge in [0, 0.05) is 18.4 Å². The lowest BCUT2D eigenvalue weighted by Gasteiger charge is -2.14. The largest absolute Gasteiger partial charge is 0.381 e. The second-order valence-electron chi connectivity index (χ2n) is 5.64. The highest BCUT2D eigenvalue weighted by atomic mass is 35.5. The number of rotatable bonds is 4. The molecule has 0 aliphatic heterocycles. The molecule has 0 bridgehead atoms. The Kier molecular flexibility index (Phi) is 5.03. The van der Waals surface area contributed by atoms with Gasteiger partial charge in [-0.05, 0) is 31.0 Å². The number of halogens is 2. The Bertz CT molecular complexity index is 715. The first kappa shape index (κ1) is 16.1. The molecule has 1 heterocycles. The van der Waals surface area contributed by atoms with Crippen LogP contribution in [0.1, 0.15) is 36.0 Å². The highest BCUT2D eigenvalue weighted by Gasteiger charge is 2.16. The SMILES string of the molecule is O=C(Nc1cccc(Cl)c1Cl)c1cncc(NC2CCCC2)c1. The predicted octanol–water partition coefficient (Wildman–Crippen LogP) is 5.00. The van der Waals surface area contributed by atoms with E-state index in [9.17, 15) is 4.79 Å². The highest BCUT2D eigenvalue weighted by Crippen LogP contribution is 2.30. The number of anilines is 2. The molecule has 23 heavy (non-hydrogen) atoms. The molecule has 1 aromatic heterocycles. The van der Waals surface area contributed by atoms with Gasteiger partial charge in [-0.1, -0.05) is 42.1 Å². The first-order chi connectivity index (χ1) is 11.1. The van der Waals surface area contributed by atoms with E-state index in [-0.39, 0.29) is 5.91 Å². The molecule has 0 atom stereocenters. The highest BCUT2D eigenvalue weighted by molar-refractivity contribution is 6.44. The summed E-state index contributed by atoms with van der Waals surface area (Å²) in [5.74, 6) is -0.267. The van der Waals surface area contributed by atoms with Gasteiger partial charge in [0.05, 0.1) is 27.0 Å². The van der Waals surface area contributed by atoms with E-state index in [1.165, 1.54) is 19.0 Å². The van der Waals surface area contributed by atoms with Gasteiger partial charge >= 0.3 is 0 Å². The molecule has 4 nitrogen and oxygen atoms in total. The van der Waals surface area contributed by atoms with Crippen molar-refractivity contribution in [2.45, 2.75) is 31.7 Å². The van der Waals surface area contributed by atoms with Crippen molar-refractivity contribution < 1.29 is 4.79 Å². The molecule has 1 saturated carbocycles. The third-order valence-electron chi connectivity index (χ3n) is 3.93. The average Bonchev–Trinajstić information content (AvgIpc) is 3.05. The zero-order valence-electron chi connectivity index (χ0n) is 12.5. The Hall–Kier alpha value is -1.78. The number of hydrogen-bond acceptors (Lipinski definition) is 3. The molecule has 120 valence electrons. The van der Waals surface area contributed by atoms with Crippen LogP contribution in [-0.2, 0) is 0 Å². The zero-order valence-corrected chi connectivity index (χ0v) is 14.0. The summed E-state index contributed by atoms with van der Waals surface area (Å²) in [6.45, 7) is 0. The van der Waals surface area contributed by atoms with Crippen molar-refractivity contribution in [3.8, 4) is 0 Å². The van der Waals surface area contributed by atoms with Crippen molar-refractivity contribution in [1.29, 1.82) is 0 Å². The molecule has 0 saturated heterocycles. The molecule has 3 rings (SSSR count). The Morgan fingerprint density at radius 2 is 1.96 bits per heavy atom. The zero-order chi connectivity index (χ0) is 16.2. The Labute approximate surface area is 145 Å². The van der Waals surface area contributed by atoms with E-state index in [4.69, 9.17) is 23.2 Å². The Balaban J connectivity index is 1.73. The lowest BCUT2D eigenvalue weighted by atomic mass is 10.2. The van der Waals surface area contributed by atoms with E-state index in [0.717, 1.165) is 18.5 Å². The van der Waals surface area contributed by atoms with Crippen molar-refractivity contribution >= 4 is 40.5 Å². The van der Waals surface area contributed by atoms with Crippen LogP contribution >= 0.6 is 23.2 Å². The summed E-state index contributed by atoms with van der Waals surface area (Å²) >= 11 is 12.1. The van der Waals surface area contributed by atoms with E-state index in [0.29, 0.717) is 27.3 Å². The van der Waals surface area contributed by atoms with Crippen LogP contribution in [0.15, 0.2) is 36.7 Å². The van der Waals surface area contributed by atoms with Crippen molar-refractivity contribution in [2.24, 2.45) is 0 Å². The van der Waals surface area contributed by atoms with Crippen LogP contribution < -0.4 is 10.6 Å². The van der Waals surface area contributed by atoms with Crippen LogP contribution in [0.2, 0.25) is 10.0 Å². The van der Waals surface area contributed by atoms with Gasteiger partial charge in [0.15, 0.2) is 0 Å². The van der Waals surface area contributed by atoms with Crippen LogP contribution in [0.5, 0.6) is 0 Å². The molecule has 1 aromatic carbocycles. The number of pyridine rings is 1. The summed E-state index contributed by atoms with van der Waals surface area (Å²) in [6, 6.07) is 7.39. The molecule has 6 heteroatoms. The van der Waals surface area contributed by atoms with Crippen molar-refractivity contribution in [3.05, 3.63) is 52.3 Å². The number of benzene rings is 1. The van der Waals surface area contributed by atoms with Gasteiger partial charge in [-0.3, -0.25) is 9.78 Å². The maximum atomic E-state index is 12.4. The first-order valence-corrected chi connectivity index (χ1v) is 8.36. The van der Waals surface area contributed by atoms with Crippen LogP contribution in [0.4, 0.5) is 11.4 Å². The standard InChI is InChI=1S/C17H17Cl2N3O/c18-14-6-3-7-15(16(14)19)22-17(23)11-8-13(10-20-9-11)21-12-4-1-2-5-12/h3,6-10,12,21H,1-2,4-5H2,(H,22,23). The molecule has 0 radical (unpaired) electrons. The Morgan fingerprint density at radius 1 is 1.17 bits per heavy atom. The fourth-order valence-corrected chi connectivity index (χ4v) is 3.09. The van der Waals surface area contributed by atoms with E-state index < -0.39 is 0 Å². The van der Waals surface area contributed by atoms with Crippen molar-refractivity contribution in [2.75, 3.05) is 10.6 Å². The quantitative estimate of drug-likeness (QED) is 0.816. The number of hydrogen-bond donors (Lipinski definition) is 2.